The first-order chi connectivity index (χ1) is 34.0. The van der Waals surface area contributed by atoms with Crippen LogP contribution in [0.4, 0.5) is 0 Å². The van der Waals surface area contributed by atoms with Gasteiger partial charge in [0, 0.05) is 12.8 Å². The van der Waals surface area contributed by atoms with Crippen molar-refractivity contribution in [3.63, 3.8) is 0 Å². The van der Waals surface area contributed by atoms with Crippen LogP contribution in [0.15, 0.2) is 72.9 Å². The molecule has 7 N–H and O–H groups in total. The summed E-state index contributed by atoms with van der Waals surface area (Å²) in [5.41, 5.74) is 0. The van der Waals surface area contributed by atoms with Gasteiger partial charge in [0.05, 0.1) is 19.8 Å². The normalized spacial score (nSPS) is 26.0. The molecule has 2 aliphatic rings. The van der Waals surface area contributed by atoms with Crippen molar-refractivity contribution >= 4 is 11.9 Å². The van der Waals surface area contributed by atoms with Crippen LogP contribution >= 0.6 is 0 Å². The molecule has 0 radical (unpaired) electrons. The molecule has 2 fully saturated rings. The monoisotopic (exact) mass is 993 g/mol. The van der Waals surface area contributed by atoms with Crippen LogP contribution in [0.2, 0.25) is 0 Å². The van der Waals surface area contributed by atoms with Gasteiger partial charge in [-0.25, -0.2) is 0 Å². The van der Waals surface area contributed by atoms with Crippen LogP contribution in [-0.4, -0.2) is 142 Å². The predicted octanol–water partition coefficient (Wildman–Crippen LogP) is 7.82. The van der Waals surface area contributed by atoms with E-state index in [4.69, 9.17) is 28.4 Å². The zero-order valence-corrected chi connectivity index (χ0v) is 42.5. The predicted molar refractivity (Wildman–Crippen MR) is 270 cm³/mol. The lowest BCUT2D eigenvalue weighted by Crippen LogP contribution is -2.61. The highest BCUT2D eigenvalue weighted by Gasteiger charge is 2.47. The third-order valence-electron chi connectivity index (χ3n) is 12.2. The molecule has 402 valence electrons. The first-order valence-corrected chi connectivity index (χ1v) is 26.5. The highest BCUT2D eigenvalue weighted by Crippen LogP contribution is 2.26. The molecule has 0 amide bonds. The standard InChI is InChI=1S/C55H92O15/c1-3-5-7-9-11-13-15-17-19-20-21-22-24-26-28-30-32-34-36-38-47(58)68-43(40-65-46(57)37-35-33-31-29-27-25-23-18-16-14-12-10-8-6-4-2)41-66-54-53(64)51(62)49(60)45(70-54)42-67-55-52(63)50(61)48(59)44(39-56)69-55/h5,7,11-14,17-19,21-23,43-45,48-56,59-64H,3-4,6,8-10,15-16,20,24-42H2,1-2H3/b7-5-,13-11-,14-12-,19-17-,22-21-,23-18-. The first-order valence-electron chi connectivity index (χ1n) is 26.5. The van der Waals surface area contributed by atoms with Crippen LogP contribution in [0.25, 0.3) is 0 Å². The Labute approximate surface area is 419 Å². The van der Waals surface area contributed by atoms with Gasteiger partial charge in [-0.2, -0.15) is 0 Å². The second-order valence-corrected chi connectivity index (χ2v) is 18.3. The molecule has 0 saturated carbocycles. The summed E-state index contributed by atoms with van der Waals surface area (Å²) in [5, 5.41) is 72.1. The molecule has 0 spiro atoms. The van der Waals surface area contributed by atoms with Gasteiger partial charge in [-0.15, -0.1) is 0 Å². The van der Waals surface area contributed by atoms with E-state index in [1.165, 1.54) is 19.3 Å². The maximum absolute atomic E-state index is 13.0. The van der Waals surface area contributed by atoms with Crippen LogP contribution in [0.5, 0.6) is 0 Å². The molecule has 0 aliphatic carbocycles. The van der Waals surface area contributed by atoms with Crippen molar-refractivity contribution in [3.8, 4) is 0 Å². The Hall–Kier alpha value is -3.06. The van der Waals surface area contributed by atoms with Crippen LogP contribution in [0.1, 0.15) is 168 Å². The van der Waals surface area contributed by atoms with Crippen molar-refractivity contribution in [3.05, 3.63) is 72.9 Å². The van der Waals surface area contributed by atoms with Crippen molar-refractivity contribution < 1.29 is 73.8 Å². The van der Waals surface area contributed by atoms with E-state index in [0.29, 0.717) is 12.8 Å². The van der Waals surface area contributed by atoms with Gasteiger partial charge < -0.3 is 64.2 Å². The van der Waals surface area contributed by atoms with Gasteiger partial charge in [0.25, 0.3) is 0 Å². The van der Waals surface area contributed by atoms with Gasteiger partial charge in [-0.1, -0.05) is 145 Å². The Morgan fingerprint density at radius 1 is 0.471 bits per heavy atom. The number of hydrogen-bond acceptors (Lipinski definition) is 15. The van der Waals surface area contributed by atoms with E-state index >= 15 is 0 Å². The Morgan fingerprint density at radius 3 is 1.41 bits per heavy atom. The minimum Gasteiger partial charge on any atom is -0.462 e. The molecule has 15 nitrogen and oxygen atoms in total. The number of carbonyl (C=O) groups is 2. The number of aliphatic hydroxyl groups excluding tert-OH is 7. The molecule has 0 aromatic heterocycles. The minimum absolute atomic E-state index is 0.142. The summed E-state index contributed by atoms with van der Waals surface area (Å²) >= 11 is 0. The van der Waals surface area contributed by atoms with E-state index in [0.717, 1.165) is 109 Å². The largest absolute Gasteiger partial charge is 0.462 e. The molecule has 11 unspecified atom stereocenters. The molecule has 11 atom stereocenters. The fourth-order valence-corrected chi connectivity index (χ4v) is 7.82. The van der Waals surface area contributed by atoms with Crippen molar-refractivity contribution in [2.45, 2.75) is 235 Å². The Morgan fingerprint density at radius 2 is 0.900 bits per heavy atom. The van der Waals surface area contributed by atoms with E-state index in [9.17, 15) is 45.3 Å². The van der Waals surface area contributed by atoms with E-state index in [-0.39, 0.29) is 19.4 Å². The lowest BCUT2D eigenvalue weighted by atomic mass is 9.98. The second kappa shape index (κ2) is 41.4. The highest BCUT2D eigenvalue weighted by molar-refractivity contribution is 5.70. The average Bonchev–Trinajstić information content (AvgIpc) is 3.35. The number of carbonyl (C=O) groups excluding carboxylic acids is 2. The smallest absolute Gasteiger partial charge is 0.306 e. The SMILES string of the molecule is CC/C=C\C/C=C\C/C=C\C/C=C\CCCCCCCCC(=O)OC(COC(=O)CCCCCCC/C=C\C/C=C\CCCCC)COC1OC(COC2OC(CO)C(O)C(O)C2O)C(O)C(O)C1O. The molecule has 2 aliphatic heterocycles. The van der Waals surface area contributed by atoms with Crippen LogP contribution in [0.3, 0.4) is 0 Å². The first kappa shape index (κ1) is 63.1. The van der Waals surface area contributed by atoms with Gasteiger partial charge in [0.15, 0.2) is 18.7 Å². The number of unbranched alkanes of at least 4 members (excludes halogenated alkanes) is 14. The molecule has 0 aromatic rings. The molecule has 0 bridgehead atoms. The summed E-state index contributed by atoms with van der Waals surface area (Å²) in [6.45, 7) is 2.41. The van der Waals surface area contributed by atoms with Crippen molar-refractivity contribution in [2.75, 3.05) is 26.4 Å². The quantitative estimate of drug-likeness (QED) is 0.0176. The third-order valence-corrected chi connectivity index (χ3v) is 12.2. The van der Waals surface area contributed by atoms with Gasteiger partial charge in [0.2, 0.25) is 0 Å². The number of ether oxygens (including phenoxy) is 6. The molecule has 2 saturated heterocycles. The van der Waals surface area contributed by atoms with E-state index in [1.54, 1.807) is 0 Å². The van der Waals surface area contributed by atoms with Gasteiger partial charge in [0.1, 0.15) is 55.4 Å². The number of esters is 2. The summed E-state index contributed by atoms with van der Waals surface area (Å²) in [6.07, 6.45) is 32.0. The van der Waals surface area contributed by atoms with E-state index in [2.05, 4.69) is 86.8 Å². The molecule has 0 aromatic carbocycles. The zero-order valence-electron chi connectivity index (χ0n) is 42.5. The van der Waals surface area contributed by atoms with Crippen LogP contribution in [-0.2, 0) is 38.0 Å². The maximum atomic E-state index is 13.0. The van der Waals surface area contributed by atoms with Gasteiger partial charge in [-0.3, -0.25) is 9.59 Å². The minimum atomic E-state index is -1.77. The molecule has 15 heteroatoms. The summed E-state index contributed by atoms with van der Waals surface area (Å²) in [6, 6.07) is 0. The Kier molecular flexibility index (Phi) is 37.3. The topological polar surface area (TPSA) is 231 Å². The van der Waals surface area contributed by atoms with Crippen molar-refractivity contribution in [1.29, 1.82) is 0 Å². The lowest BCUT2D eigenvalue weighted by Gasteiger charge is -2.42. The molecular formula is C55H92O15. The van der Waals surface area contributed by atoms with Gasteiger partial charge in [-0.05, 0) is 83.5 Å². The number of aliphatic hydroxyl groups is 7. The Bertz CT molecular complexity index is 1490. The van der Waals surface area contributed by atoms with E-state index in [1.807, 2.05) is 0 Å². The lowest BCUT2D eigenvalue weighted by molar-refractivity contribution is -0.332. The number of allylic oxidation sites excluding steroid dienone is 12. The zero-order chi connectivity index (χ0) is 51.0. The average molecular weight is 993 g/mol. The third kappa shape index (κ3) is 28.8. The highest BCUT2D eigenvalue weighted by atomic mass is 16.7. The summed E-state index contributed by atoms with van der Waals surface area (Å²) < 4.78 is 33.6. The fraction of sp³-hybridized carbons (Fsp3) is 0.745. The van der Waals surface area contributed by atoms with Crippen molar-refractivity contribution in [2.24, 2.45) is 0 Å². The second-order valence-electron chi connectivity index (χ2n) is 18.3. The maximum Gasteiger partial charge on any atom is 0.306 e. The fourth-order valence-electron chi connectivity index (χ4n) is 7.82. The molecule has 70 heavy (non-hydrogen) atoms. The van der Waals surface area contributed by atoms with Crippen molar-refractivity contribution in [1.82, 2.24) is 0 Å². The summed E-state index contributed by atoms with van der Waals surface area (Å²) in [4.78, 5) is 25.8. The summed E-state index contributed by atoms with van der Waals surface area (Å²) in [7, 11) is 0. The molecular weight excluding hydrogens is 901 g/mol. The van der Waals surface area contributed by atoms with Crippen LogP contribution in [0, 0.1) is 0 Å². The number of rotatable bonds is 40. The number of hydrogen-bond donors (Lipinski definition) is 7. The summed E-state index contributed by atoms with van der Waals surface area (Å²) in [5.74, 6) is -0.962. The van der Waals surface area contributed by atoms with E-state index < -0.39 is 99.3 Å². The molecule has 2 heterocycles. The molecule has 2 rings (SSSR count). The Balaban J connectivity index is 1.81. The van der Waals surface area contributed by atoms with Crippen LogP contribution < -0.4 is 0 Å². The van der Waals surface area contributed by atoms with Gasteiger partial charge >= 0.3 is 11.9 Å².